The Morgan fingerprint density at radius 1 is 0.900 bits per heavy atom. The van der Waals surface area contributed by atoms with E-state index < -0.39 is 11.6 Å². The Morgan fingerprint density at radius 3 is 2.25 bits per heavy atom. The molecule has 0 aliphatic heterocycles. The summed E-state index contributed by atoms with van der Waals surface area (Å²) in [4.78, 5) is 0. The Labute approximate surface area is 119 Å². The maximum absolute atomic E-state index is 13.3. The lowest BCUT2D eigenvalue weighted by molar-refractivity contribution is 0.117. The first-order chi connectivity index (χ1) is 9.63. The van der Waals surface area contributed by atoms with Crippen molar-refractivity contribution in [2.75, 3.05) is 0 Å². The van der Waals surface area contributed by atoms with Gasteiger partial charge in [-0.3, -0.25) is 0 Å². The van der Waals surface area contributed by atoms with Gasteiger partial charge in [0.2, 0.25) is 0 Å². The first-order valence-corrected chi connectivity index (χ1v) is 7.85. The number of halogens is 2. The third-order valence-electron chi connectivity index (χ3n) is 5.36. The predicted molar refractivity (Wildman–Crippen MR) is 76.1 cm³/mol. The van der Waals surface area contributed by atoms with E-state index in [0.717, 1.165) is 30.7 Å². The highest BCUT2D eigenvalue weighted by molar-refractivity contribution is 5.22. The molecule has 20 heavy (non-hydrogen) atoms. The first kappa shape index (κ1) is 14.0. The summed E-state index contributed by atoms with van der Waals surface area (Å²) >= 11 is 0. The zero-order chi connectivity index (χ0) is 14.1. The normalized spacial score (nSPS) is 31.6. The van der Waals surface area contributed by atoms with E-state index in [1.54, 1.807) is 0 Å². The third-order valence-corrected chi connectivity index (χ3v) is 5.36. The summed E-state index contributed by atoms with van der Waals surface area (Å²) in [6, 6.07) is 3.46. The van der Waals surface area contributed by atoms with E-state index >= 15 is 0 Å². The van der Waals surface area contributed by atoms with Crippen LogP contribution in [0.15, 0.2) is 18.2 Å². The van der Waals surface area contributed by atoms with Gasteiger partial charge >= 0.3 is 0 Å². The molecular weight excluding hydrogens is 256 g/mol. The number of hydrogen-bond donors (Lipinski definition) is 1. The predicted octanol–water partition coefficient (Wildman–Crippen LogP) is 4.57. The van der Waals surface area contributed by atoms with Crippen LogP contribution in [0.5, 0.6) is 0 Å². The average Bonchev–Trinajstić information content (AvgIpc) is 2.45. The van der Waals surface area contributed by atoms with Crippen molar-refractivity contribution < 1.29 is 8.78 Å². The molecule has 0 amide bonds. The Hall–Kier alpha value is -0.960. The Balaban J connectivity index is 1.72. The lowest BCUT2D eigenvalue weighted by atomic mass is 9.65. The summed E-state index contributed by atoms with van der Waals surface area (Å²) < 4.78 is 26.7. The van der Waals surface area contributed by atoms with Crippen molar-refractivity contribution in [3.05, 3.63) is 35.4 Å². The van der Waals surface area contributed by atoms with Gasteiger partial charge in [0.15, 0.2) is 0 Å². The van der Waals surface area contributed by atoms with Crippen LogP contribution in [0.1, 0.15) is 56.6 Å². The standard InChI is InChI=1S/C17H23F2N/c18-15-8-14(9-16(19)10-15)17(20)13-6-5-11-3-1-2-4-12(11)7-13/h8-13,17H,1-7,20H2. The monoisotopic (exact) mass is 279 g/mol. The maximum Gasteiger partial charge on any atom is 0.126 e. The number of benzene rings is 1. The van der Waals surface area contributed by atoms with E-state index in [0.29, 0.717) is 11.5 Å². The van der Waals surface area contributed by atoms with Crippen LogP contribution < -0.4 is 5.73 Å². The van der Waals surface area contributed by atoms with Crippen LogP contribution in [0, 0.1) is 29.4 Å². The van der Waals surface area contributed by atoms with Crippen molar-refractivity contribution in [1.82, 2.24) is 0 Å². The van der Waals surface area contributed by atoms with Gasteiger partial charge in [0.25, 0.3) is 0 Å². The second-order valence-electron chi connectivity index (χ2n) is 6.61. The van der Waals surface area contributed by atoms with Crippen molar-refractivity contribution in [3.8, 4) is 0 Å². The van der Waals surface area contributed by atoms with Gasteiger partial charge in [-0.25, -0.2) is 8.78 Å². The van der Waals surface area contributed by atoms with Crippen LogP contribution in [-0.4, -0.2) is 0 Å². The highest BCUT2D eigenvalue weighted by atomic mass is 19.1. The number of fused-ring (bicyclic) bond motifs is 1. The quantitative estimate of drug-likeness (QED) is 0.843. The van der Waals surface area contributed by atoms with E-state index in [9.17, 15) is 8.78 Å². The highest BCUT2D eigenvalue weighted by Gasteiger charge is 2.34. The molecular formula is C17H23F2N. The van der Waals surface area contributed by atoms with Crippen molar-refractivity contribution in [3.63, 3.8) is 0 Å². The fraction of sp³-hybridized carbons (Fsp3) is 0.647. The zero-order valence-corrected chi connectivity index (χ0v) is 11.8. The third kappa shape index (κ3) is 2.88. The smallest absolute Gasteiger partial charge is 0.126 e. The van der Waals surface area contributed by atoms with E-state index in [4.69, 9.17) is 5.73 Å². The van der Waals surface area contributed by atoms with Gasteiger partial charge in [-0.15, -0.1) is 0 Å². The molecule has 4 atom stereocenters. The van der Waals surface area contributed by atoms with Gasteiger partial charge in [-0.2, -0.15) is 0 Å². The molecule has 1 nitrogen and oxygen atoms in total. The second kappa shape index (κ2) is 5.80. The fourth-order valence-corrected chi connectivity index (χ4v) is 4.28. The molecule has 4 unspecified atom stereocenters. The average molecular weight is 279 g/mol. The summed E-state index contributed by atoms with van der Waals surface area (Å²) in [6.45, 7) is 0. The molecule has 0 bridgehead atoms. The molecule has 2 fully saturated rings. The maximum atomic E-state index is 13.3. The molecule has 0 radical (unpaired) electrons. The minimum atomic E-state index is -0.526. The lowest BCUT2D eigenvalue weighted by Crippen LogP contribution is -2.33. The largest absolute Gasteiger partial charge is 0.324 e. The van der Waals surface area contributed by atoms with Crippen LogP contribution in [0.2, 0.25) is 0 Å². The van der Waals surface area contributed by atoms with Crippen LogP contribution >= 0.6 is 0 Å². The Bertz CT molecular complexity index is 454. The molecule has 3 rings (SSSR count). The molecule has 110 valence electrons. The minimum Gasteiger partial charge on any atom is -0.324 e. The number of rotatable bonds is 2. The van der Waals surface area contributed by atoms with Crippen LogP contribution in [0.4, 0.5) is 8.78 Å². The summed E-state index contributed by atoms with van der Waals surface area (Å²) in [6.07, 6.45) is 8.84. The van der Waals surface area contributed by atoms with Gasteiger partial charge in [0, 0.05) is 12.1 Å². The van der Waals surface area contributed by atoms with Gasteiger partial charge in [-0.05, 0) is 54.7 Å². The summed E-state index contributed by atoms with van der Waals surface area (Å²) in [5.74, 6) is 0.975. The zero-order valence-electron chi connectivity index (χ0n) is 11.8. The molecule has 0 spiro atoms. The Morgan fingerprint density at radius 2 is 1.55 bits per heavy atom. The van der Waals surface area contributed by atoms with Crippen molar-refractivity contribution in [2.24, 2.45) is 23.5 Å². The number of hydrogen-bond acceptors (Lipinski definition) is 1. The van der Waals surface area contributed by atoms with Crippen molar-refractivity contribution in [2.45, 2.75) is 51.0 Å². The second-order valence-corrected chi connectivity index (χ2v) is 6.61. The molecule has 1 aromatic carbocycles. The van der Waals surface area contributed by atoms with E-state index in [1.807, 2.05) is 0 Å². The molecule has 2 aliphatic rings. The van der Waals surface area contributed by atoms with Crippen molar-refractivity contribution in [1.29, 1.82) is 0 Å². The minimum absolute atomic E-state index is 0.233. The topological polar surface area (TPSA) is 26.0 Å². The summed E-state index contributed by atoms with van der Waals surface area (Å²) in [7, 11) is 0. The van der Waals surface area contributed by atoms with E-state index in [2.05, 4.69) is 0 Å². The lowest BCUT2D eigenvalue weighted by Gasteiger charge is -2.41. The first-order valence-electron chi connectivity index (χ1n) is 7.85. The molecule has 3 heteroatoms. The molecule has 2 aliphatic carbocycles. The molecule has 2 saturated carbocycles. The molecule has 2 N–H and O–H groups in total. The highest BCUT2D eigenvalue weighted by Crippen LogP contribution is 2.45. The molecule has 0 saturated heterocycles. The van der Waals surface area contributed by atoms with Crippen LogP contribution in [-0.2, 0) is 0 Å². The molecule has 1 aromatic rings. The fourth-order valence-electron chi connectivity index (χ4n) is 4.28. The van der Waals surface area contributed by atoms with Gasteiger partial charge in [-0.1, -0.05) is 25.7 Å². The SMILES string of the molecule is NC(c1cc(F)cc(F)c1)C1CCC2CCCCC2C1. The Kier molecular flexibility index (Phi) is 4.06. The summed E-state index contributed by atoms with van der Waals surface area (Å²) in [5.41, 5.74) is 6.91. The van der Waals surface area contributed by atoms with Crippen LogP contribution in [0.3, 0.4) is 0 Å². The van der Waals surface area contributed by atoms with Gasteiger partial charge in [0.05, 0.1) is 0 Å². The van der Waals surface area contributed by atoms with Crippen molar-refractivity contribution >= 4 is 0 Å². The molecule has 0 heterocycles. The van der Waals surface area contributed by atoms with E-state index in [1.165, 1.54) is 44.2 Å². The summed E-state index contributed by atoms with van der Waals surface area (Å²) in [5, 5.41) is 0. The van der Waals surface area contributed by atoms with Crippen LogP contribution in [0.25, 0.3) is 0 Å². The molecule has 0 aromatic heterocycles. The number of nitrogens with two attached hydrogens (primary N) is 1. The van der Waals surface area contributed by atoms with E-state index in [-0.39, 0.29) is 6.04 Å². The van der Waals surface area contributed by atoms with Gasteiger partial charge < -0.3 is 5.73 Å². The van der Waals surface area contributed by atoms with Gasteiger partial charge in [0.1, 0.15) is 11.6 Å².